The molecule has 0 saturated carbocycles. The Kier molecular flexibility index (Phi) is 9.20. The molecule has 5 rings (SSSR count). The lowest BCUT2D eigenvalue weighted by atomic mass is 9.97. The molecule has 16 heteroatoms. The molecule has 1 aliphatic rings. The Hall–Kier alpha value is -4.44. The summed E-state index contributed by atoms with van der Waals surface area (Å²) in [5.74, 6) is -9.66. The van der Waals surface area contributed by atoms with Gasteiger partial charge in [0.1, 0.15) is 17.3 Å². The zero-order valence-electron chi connectivity index (χ0n) is 22.6. The van der Waals surface area contributed by atoms with Crippen LogP contribution in [-0.4, -0.2) is 49.2 Å². The summed E-state index contributed by atoms with van der Waals surface area (Å²) in [5.41, 5.74) is -1.38. The van der Waals surface area contributed by atoms with Gasteiger partial charge in [-0.05, 0) is 30.7 Å². The van der Waals surface area contributed by atoms with E-state index in [0.717, 1.165) is 12.1 Å². The highest BCUT2D eigenvalue weighted by Gasteiger charge is 2.26. The van der Waals surface area contributed by atoms with Crippen LogP contribution in [0.25, 0.3) is 11.3 Å². The van der Waals surface area contributed by atoms with Gasteiger partial charge in [-0.25, -0.2) is 40.9 Å². The number of sulfonamides is 1. The van der Waals surface area contributed by atoms with Crippen LogP contribution in [0, 0.1) is 35.0 Å². The normalized spacial score (nSPS) is 16.9. The minimum atomic E-state index is -4.67. The number of alkyl halides is 1. The number of ether oxygens (including phenoxy) is 1. The highest BCUT2D eigenvalue weighted by Crippen LogP contribution is 2.36. The summed E-state index contributed by atoms with van der Waals surface area (Å²) >= 11 is 0. The maximum atomic E-state index is 15.1. The predicted octanol–water partition coefficient (Wildman–Crippen LogP) is 5.33. The van der Waals surface area contributed by atoms with E-state index in [2.05, 4.69) is 25.6 Å². The van der Waals surface area contributed by atoms with Crippen LogP contribution in [0.15, 0.2) is 54.9 Å². The maximum absolute atomic E-state index is 15.1. The number of hydrogen-bond donors (Lipinski definition) is 3. The van der Waals surface area contributed by atoms with Gasteiger partial charge < -0.3 is 15.4 Å². The van der Waals surface area contributed by atoms with Gasteiger partial charge in [-0.15, -0.1) is 0 Å². The number of pyridine rings is 1. The van der Waals surface area contributed by atoms with Crippen molar-refractivity contribution in [2.24, 2.45) is 5.92 Å². The summed E-state index contributed by atoms with van der Waals surface area (Å²) in [5, 5.41) is 6.26. The molecule has 1 unspecified atom stereocenters. The third kappa shape index (κ3) is 7.19. The molecule has 0 bridgehead atoms. The van der Waals surface area contributed by atoms with E-state index in [1.54, 1.807) is 4.72 Å². The molecule has 4 aromatic rings. The Labute approximate surface area is 247 Å². The van der Waals surface area contributed by atoms with Gasteiger partial charge in [-0.3, -0.25) is 9.11 Å². The van der Waals surface area contributed by atoms with Gasteiger partial charge in [0.25, 0.3) is 0 Å². The van der Waals surface area contributed by atoms with Crippen molar-refractivity contribution in [3.63, 3.8) is 0 Å². The van der Waals surface area contributed by atoms with E-state index in [9.17, 15) is 30.4 Å². The number of halogens is 6. The molecular weight excluding hydrogens is 614 g/mol. The Balaban J connectivity index is 1.37. The van der Waals surface area contributed by atoms with Gasteiger partial charge in [-0.2, -0.15) is 4.39 Å². The van der Waals surface area contributed by atoms with E-state index in [4.69, 9.17) is 4.74 Å². The van der Waals surface area contributed by atoms with Crippen LogP contribution in [0.3, 0.4) is 0 Å². The zero-order chi connectivity index (χ0) is 31.4. The summed E-state index contributed by atoms with van der Waals surface area (Å²) in [6.07, 6.45) is 3.28. The lowest BCUT2D eigenvalue weighted by Gasteiger charge is -2.29. The minimum absolute atomic E-state index is 0.143. The molecule has 3 N–H and O–H groups in total. The number of nitrogens with zero attached hydrogens (tertiary/aromatic N) is 3. The maximum Gasteiger partial charge on any atom is 0.237 e. The standard InChI is InChI=1S/C28H24F6N6O3S/c29-11-15-8-18(13-35-12-15)38-28-37-7-5-22(39-28)19-2-1-6-36-27(19)43-23-10-21(32)26(25(34)24(23)33)40-44(41,42)14-16-3-4-17(30)9-20(16)31/h1-7,9-10,15,18,35,40H,8,11-14H2,(H,37,38,39)/t15?,18-/m0/s1. The van der Waals surface area contributed by atoms with Gasteiger partial charge in [0.05, 0.1) is 23.7 Å². The fraction of sp³-hybridized carbons (Fsp3) is 0.250. The third-order valence-corrected chi connectivity index (χ3v) is 7.85. The van der Waals surface area contributed by atoms with Gasteiger partial charge in [0.15, 0.2) is 17.4 Å². The van der Waals surface area contributed by atoms with E-state index >= 15 is 4.39 Å². The van der Waals surface area contributed by atoms with Gasteiger partial charge in [-0.1, -0.05) is 6.07 Å². The van der Waals surface area contributed by atoms with E-state index in [1.165, 1.54) is 30.6 Å². The fourth-order valence-corrected chi connectivity index (χ4v) is 5.78. The lowest BCUT2D eigenvalue weighted by Crippen LogP contribution is -2.44. The van der Waals surface area contributed by atoms with Crippen molar-refractivity contribution in [3.05, 3.63) is 89.5 Å². The first-order valence-corrected chi connectivity index (χ1v) is 14.8. The molecule has 2 atom stereocenters. The van der Waals surface area contributed by atoms with Crippen molar-refractivity contribution in [2.45, 2.75) is 18.2 Å². The molecular formula is C28H24F6N6O3S. The zero-order valence-corrected chi connectivity index (χ0v) is 23.4. The molecule has 1 fully saturated rings. The van der Waals surface area contributed by atoms with Crippen LogP contribution in [-0.2, 0) is 15.8 Å². The molecule has 0 spiro atoms. The molecule has 9 nitrogen and oxygen atoms in total. The highest BCUT2D eigenvalue weighted by molar-refractivity contribution is 7.91. The summed E-state index contributed by atoms with van der Waals surface area (Å²) in [6, 6.07) is 6.91. The fourth-order valence-electron chi connectivity index (χ4n) is 4.57. The Bertz CT molecular complexity index is 1780. The average molecular weight is 639 g/mol. The van der Waals surface area contributed by atoms with Crippen LogP contribution in [0.4, 0.5) is 38.0 Å². The summed E-state index contributed by atoms with van der Waals surface area (Å²) in [7, 11) is -4.67. The molecule has 232 valence electrons. The summed E-state index contributed by atoms with van der Waals surface area (Å²) in [6.45, 7) is 0.659. The highest BCUT2D eigenvalue weighted by atomic mass is 32.2. The van der Waals surface area contributed by atoms with Crippen molar-refractivity contribution < 1.29 is 39.5 Å². The Morgan fingerprint density at radius 3 is 2.55 bits per heavy atom. The Morgan fingerprint density at radius 1 is 0.955 bits per heavy atom. The molecule has 0 amide bonds. The first-order valence-electron chi connectivity index (χ1n) is 13.1. The van der Waals surface area contributed by atoms with Crippen LogP contribution in [0.1, 0.15) is 12.0 Å². The summed E-state index contributed by atoms with van der Waals surface area (Å²) in [4.78, 5) is 12.6. The molecule has 0 aliphatic carbocycles. The monoisotopic (exact) mass is 638 g/mol. The second kappa shape index (κ2) is 13.1. The van der Waals surface area contributed by atoms with Crippen molar-refractivity contribution in [1.29, 1.82) is 0 Å². The molecule has 1 aliphatic heterocycles. The van der Waals surface area contributed by atoms with Gasteiger partial charge in [0, 0.05) is 55.1 Å². The van der Waals surface area contributed by atoms with Crippen LogP contribution in [0.5, 0.6) is 11.6 Å². The number of rotatable bonds is 10. The van der Waals surface area contributed by atoms with Crippen molar-refractivity contribution >= 4 is 21.7 Å². The first kappa shape index (κ1) is 31.0. The molecule has 1 saturated heterocycles. The number of piperidine rings is 1. The number of nitrogens with one attached hydrogen (secondary N) is 3. The summed E-state index contributed by atoms with van der Waals surface area (Å²) < 4.78 is 117. The van der Waals surface area contributed by atoms with Crippen molar-refractivity contribution in [2.75, 3.05) is 29.8 Å². The van der Waals surface area contributed by atoms with Gasteiger partial charge >= 0.3 is 0 Å². The molecule has 2 aromatic carbocycles. The van der Waals surface area contributed by atoms with E-state index in [-0.39, 0.29) is 35.0 Å². The first-order chi connectivity index (χ1) is 21.0. The van der Waals surface area contributed by atoms with E-state index in [0.29, 0.717) is 31.6 Å². The molecule has 0 radical (unpaired) electrons. The minimum Gasteiger partial charge on any atom is -0.435 e. The van der Waals surface area contributed by atoms with Crippen LogP contribution < -0.4 is 20.1 Å². The number of anilines is 2. The average Bonchev–Trinajstić information content (AvgIpc) is 3.00. The van der Waals surface area contributed by atoms with Crippen LogP contribution >= 0.6 is 0 Å². The number of aromatic nitrogens is 3. The largest absolute Gasteiger partial charge is 0.435 e. The topological polar surface area (TPSA) is 118 Å². The van der Waals surface area contributed by atoms with E-state index < -0.39 is 68.5 Å². The SMILES string of the molecule is O=S(=O)(Cc1ccc(F)cc1F)Nc1c(F)cc(Oc2ncccc2-c2ccnc(N[C@@H]3CNCC(CF)C3)n2)c(F)c1F. The van der Waals surface area contributed by atoms with Crippen LogP contribution in [0.2, 0.25) is 0 Å². The molecule has 2 aromatic heterocycles. The van der Waals surface area contributed by atoms with Gasteiger partial charge in [0.2, 0.25) is 27.7 Å². The Morgan fingerprint density at radius 2 is 1.77 bits per heavy atom. The van der Waals surface area contributed by atoms with Crippen molar-refractivity contribution in [3.8, 4) is 22.9 Å². The lowest BCUT2D eigenvalue weighted by molar-refractivity contribution is 0.282. The second-order valence-electron chi connectivity index (χ2n) is 9.94. The quantitative estimate of drug-likeness (QED) is 0.158. The number of hydrogen-bond acceptors (Lipinski definition) is 8. The second-order valence-corrected chi connectivity index (χ2v) is 11.7. The van der Waals surface area contributed by atoms with Crippen molar-refractivity contribution in [1.82, 2.24) is 20.3 Å². The predicted molar refractivity (Wildman–Crippen MR) is 149 cm³/mol. The molecule has 3 heterocycles. The molecule has 44 heavy (non-hydrogen) atoms. The third-order valence-electron chi connectivity index (χ3n) is 6.65. The van der Waals surface area contributed by atoms with E-state index in [1.807, 2.05) is 0 Å². The smallest absolute Gasteiger partial charge is 0.237 e. The number of benzene rings is 2.